The summed E-state index contributed by atoms with van der Waals surface area (Å²) in [5.74, 6) is 0. The summed E-state index contributed by atoms with van der Waals surface area (Å²) in [6.45, 7) is 3.76. The largest absolute Gasteiger partial charge is 0.328 e. The Kier molecular flexibility index (Phi) is 2.70. The Morgan fingerprint density at radius 3 is 2.54 bits per heavy atom. The molecule has 0 radical (unpaired) electrons. The Morgan fingerprint density at radius 2 is 2.00 bits per heavy atom. The summed E-state index contributed by atoms with van der Waals surface area (Å²) in [4.78, 5) is 25.3. The summed E-state index contributed by atoms with van der Waals surface area (Å²) < 4.78 is 1.11. The molecule has 0 aliphatic carbocycles. The molecule has 1 rings (SSSR count). The third-order valence-corrected chi connectivity index (χ3v) is 2.11. The highest BCUT2D eigenvalue weighted by Crippen LogP contribution is 1.98. The molecule has 0 aliphatic rings. The second-order valence-electron chi connectivity index (χ2n) is 3.15. The molecule has 13 heavy (non-hydrogen) atoms. The number of aryl methyl sites for hydroxylation is 1. The van der Waals surface area contributed by atoms with Crippen LogP contribution < -0.4 is 11.2 Å². The van der Waals surface area contributed by atoms with Crippen molar-refractivity contribution in [3.63, 3.8) is 0 Å². The molecule has 0 saturated carbocycles. The van der Waals surface area contributed by atoms with Crippen molar-refractivity contribution in [1.29, 1.82) is 0 Å². The van der Waals surface area contributed by atoms with Crippen molar-refractivity contribution < 1.29 is 0 Å². The topological polar surface area (TPSA) is 54.9 Å². The van der Waals surface area contributed by atoms with Crippen molar-refractivity contribution >= 4 is 0 Å². The highest BCUT2D eigenvalue weighted by atomic mass is 16.2. The fourth-order valence-electron chi connectivity index (χ4n) is 1.32. The average Bonchev–Trinajstić information content (AvgIpc) is 2.09. The van der Waals surface area contributed by atoms with Gasteiger partial charge in [-0.15, -0.1) is 0 Å². The standard InChI is InChI=1S/C9H14N2O2/c1-4-5-7-6(2)10-9(13)11(3)8(7)12/h4-5H2,1-3H3,(H,10,13). The van der Waals surface area contributed by atoms with E-state index in [1.54, 1.807) is 6.92 Å². The molecule has 1 aromatic heterocycles. The number of rotatable bonds is 2. The van der Waals surface area contributed by atoms with Gasteiger partial charge in [0.2, 0.25) is 0 Å². The zero-order valence-corrected chi connectivity index (χ0v) is 8.18. The highest BCUT2D eigenvalue weighted by molar-refractivity contribution is 5.15. The van der Waals surface area contributed by atoms with Crippen LogP contribution in [0.25, 0.3) is 0 Å². The van der Waals surface area contributed by atoms with Crippen LogP contribution in [0.5, 0.6) is 0 Å². The molecule has 4 heteroatoms. The van der Waals surface area contributed by atoms with Crippen LogP contribution in [0.4, 0.5) is 0 Å². The average molecular weight is 182 g/mol. The molecule has 0 spiro atoms. The minimum absolute atomic E-state index is 0.178. The van der Waals surface area contributed by atoms with Crippen molar-refractivity contribution in [3.8, 4) is 0 Å². The molecule has 0 aromatic carbocycles. The highest BCUT2D eigenvalue weighted by Gasteiger charge is 2.06. The number of aromatic amines is 1. The minimum atomic E-state index is -0.345. The predicted octanol–water partition coefficient (Wildman–Crippen LogP) is 0.335. The van der Waals surface area contributed by atoms with Crippen molar-refractivity contribution in [2.24, 2.45) is 7.05 Å². The molecule has 4 nitrogen and oxygen atoms in total. The second kappa shape index (κ2) is 3.60. The van der Waals surface area contributed by atoms with Gasteiger partial charge in [0.25, 0.3) is 5.56 Å². The number of nitrogens with zero attached hydrogens (tertiary/aromatic N) is 1. The van der Waals surface area contributed by atoms with Crippen molar-refractivity contribution in [2.45, 2.75) is 26.7 Å². The van der Waals surface area contributed by atoms with Gasteiger partial charge in [-0.25, -0.2) is 4.79 Å². The molecule has 0 fully saturated rings. The van der Waals surface area contributed by atoms with E-state index in [0.29, 0.717) is 11.3 Å². The quantitative estimate of drug-likeness (QED) is 0.716. The van der Waals surface area contributed by atoms with E-state index in [9.17, 15) is 9.59 Å². The van der Waals surface area contributed by atoms with Crippen LogP contribution in [-0.2, 0) is 13.5 Å². The fourth-order valence-corrected chi connectivity index (χ4v) is 1.32. The first kappa shape index (κ1) is 9.77. The van der Waals surface area contributed by atoms with Gasteiger partial charge < -0.3 is 4.98 Å². The molecule has 0 unspecified atom stereocenters. The molecule has 0 amide bonds. The van der Waals surface area contributed by atoms with Crippen LogP contribution >= 0.6 is 0 Å². The lowest BCUT2D eigenvalue weighted by molar-refractivity contribution is 0.730. The minimum Gasteiger partial charge on any atom is -0.311 e. The predicted molar refractivity (Wildman–Crippen MR) is 51.0 cm³/mol. The fraction of sp³-hybridized carbons (Fsp3) is 0.556. The van der Waals surface area contributed by atoms with E-state index in [0.717, 1.165) is 17.4 Å². The van der Waals surface area contributed by atoms with Crippen LogP contribution in [-0.4, -0.2) is 9.55 Å². The normalized spacial score (nSPS) is 10.4. The molecule has 1 aromatic rings. The summed E-state index contributed by atoms with van der Waals surface area (Å²) in [7, 11) is 1.49. The van der Waals surface area contributed by atoms with Gasteiger partial charge in [0.15, 0.2) is 0 Å². The van der Waals surface area contributed by atoms with Gasteiger partial charge in [-0.1, -0.05) is 13.3 Å². The summed E-state index contributed by atoms with van der Waals surface area (Å²) in [5.41, 5.74) is 0.880. The smallest absolute Gasteiger partial charge is 0.311 e. The second-order valence-corrected chi connectivity index (χ2v) is 3.15. The first-order valence-electron chi connectivity index (χ1n) is 4.36. The Hall–Kier alpha value is -1.32. The first-order valence-corrected chi connectivity index (χ1v) is 4.36. The van der Waals surface area contributed by atoms with Crippen LogP contribution in [0.1, 0.15) is 24.6 Å². The third-order valence-electron chi connectivity index (χ3n) is 2.11. The first-order chi connectivity index (χ1) is 6.07. The van der Waals surface area contributed by atoms with Gasteiger partial charge in [0.05, 0.1) is 0 Å². The van der Waals surface area contributed by atoms with Crippen molar-refractivity contribution in [3.05, 3.63) is 32.1 Å². The Bertz CT molecular complexity index is 415. The molecular formula is C9H14N2O2. The maximum Gasteiger partial charge on any atom is 0.328 e. The van der Waals surface area contributed by atoms with Gasteiger partial charge in [0.1, 0.15) is 0 Å². The van der Waals surface area contributed by atoms with E-state index < -0.39 is 0 Å². The lowest BCUT2D eigenvalue weighted by Crippen LogP contribution is -2.35. The van der Waals surface area contributed by atoms with Gasteiger partial charge in [-0.3, -0.25) is 9.36 Å². The van der Waals surface area contributed by atoms with Crippen molar-refractivity contribution in [1.82, 2.24) is 9.55 Å². The van der Waals surface area contributed by atoms with Gasteiger partial charge >= 0.3 is 5.69 Å². The van der Waals surface area contributed by atoms with E-state index in [2.05, 4.69) is 4.98 Å². The Labute approximate surface area is 76.2 Å². The molecule has 72 valence electrons. The number of H-pyrrole nitrogens is 1. The van der Waals surface area contributed by atoms with Crippen LogP contribution in [0.15, 0.2) is 9.59 Å². The molecule has 0 aliphatic heterocycles. The van der Waals surface area contributed by atoms with Crippen LogP contribution in [0.3, 0.4) is 0 Å². The zero-order valence-electron chi connectivity index (χ0n) is 8.18. The zero-order chi connectivity index (χ0) is 10.0. The maximum absolute atomic E-state index is 11.5. The molecule has 0 saturated heterocycles. The lowest BCUT2D eigenvalue weighted by Gasteiger charge is -2.04. The summed E-state index contributed by atoms with van der Waals surface area (Å²) in [5, 5.41) is 0. The Balaban J connectivity index is 3.44. The molecule has 1 heterocycles. The van der Waals surface area contributed by atoms with Gasteiger partial charge in [0, 0.05) is 18.3 Å². The third kappa shape index (κ3) is 1.71. The number of aromatic nitrogens is 2. The molecule has 1 N–H and O–H groups in total. The SMILES string of the molecule is CCCc1c(C)[nH]c(=O)n(C)c1=O. The van der Waals surface area contributed by atoms with Gasteiger partial charge in [-0.05, 0) is 13.3 Å². The lowest BCUT2D eigenvalue weighted by atomic mass is 10.1. The molecule has 0 atom stereocenters. The molecule has 0 bridgehead atoms. The number of hydrogen-bond acceptors (Lipinski definition) is 2. The number of nitrogens with one attached hydrogen (secondary N) is 1. The Morgan fingerprint density at radius 1 is 1.38 bits per heavy atom. The summed E-state index contributed by atoms with van der Waals surface area (Å²) in [6, 6.07) is 0. The van der Waals surface area contributed by atoms with Crippen molar-refractivity contribution in [2.75, 3.05) is 0 Å². The monoisotopic (exact) mass is 182 g/mol. The van der Waals surface area contributed by atoms with Gasteiger partial charge in [-0.2, -0.15) is 0 Å². The summed E-state index contributed by atoms with van der Waals surface area (Å²) in [6.07, 6.45) is 1.62. The van der Waals surface area contributed by atoms with E-state index in [1.165, 1.54) is 7.05 Å². The van der Waals surface area contributed by atoms with Crippen LogP contribution in [0, 0.1) is 6.92 Å². The van der Waals surface area contributed by atoms with E-state index in [4.69, 9.17) is 0 Å². The van der Waals surface area contributed by atoms with E-state index >= 15 is 0 Å². The maximum atomic E-state index is 11.5. The summed E-state index contributed by atoms with van der Waals surface area (Å²) >= 11 is 0. The molecular weight excluding hydrogens is 168 g/mol. The van der Waals surface area contributed by atoms with E-state index in [-0.39, 0.29) is 11.2 Å². The number of hydrogen-bond donors (Lipinski definition) is 1. The van der Waals surface area contributed by atoms with E-state index in [1.807, 2.05) is 6.92 Å². The van der Waals surface area contributed by atoms with Crippen LogP contribution in [0.2, 0.25) is 0 Å².